The first kappa shape index (κ1) is 15.9. The van der Waals surface area contributed by atoms with Gasteiger partial charge in [-0.25, -0.2) is 0 Å². The van der Waals surface area contributed by atoms with Gasteiger partial charge in [0, 0.05) is 10.2 Å². The molecule has 1 aliphatic rings. The SMILES string of the molecule is COc1cc(Br)c(C[C@H]2C(=O)Nc3c(C)cccc32)cc1OC. The second-order valence-electron chi connectivity index (χ2n) is 5.58. The third kappa shape index (κ3) is 2.81. The number of carbonyl (C=O) groups excluding carboxylic acids is 1. The molecule has 1 amide bonds. The fraction of sp³-hybridized carbons (Fsp3) is 0.278. The van der Waals surface area contributed by atoms with Gasteiger partial charge in [-0.3, -0.25) is 4.79 Å². The molecule has 1 heterocycles. The minimum Gasteiger partial charge on any atom is -0.493 e. The Kier molecular flexibility index (Phi) is 4.31. The highest BCUT2D eigenvalue weighted by molar-refractivity contribution is 9.10. The summed E-state index contributed by atoms with van der Waals surface area (Å²) in [4.78, 5) is 12.4. The van der Waals surface area contributed by atoms with Crippen LogP contribution in [0.3, 0.4) is 0 Å². The maximum Gasteiger partial charge on any atom is 0.232 e. The summed E-state index contributed by atoms with van der Waals surface area (Å²) >= 11 is 3.57. The maximum atomic E-state index is 12.4. The van der Waals surface area contributed by atoms with Gasteiger partial charge < -0.3 is 14.8 Å². The fourth-order valence-corrected chi connectivity index (χ4v) is 3.46. The van der Waals surface area contributed by atoms with Crippen LogP contribution in [0.5, 0.6) is 11.5 Å². The Bertz CT molecular complexity index is 773. The third-order valence-electron chi connectivity index (χ3n) is 4.22. The molecular weight excluding hydrogens is 358 g/mol. The highest BCUT2D eigenvalue weighted by Gasteiger charge is 2.32. The Morgan fingerprint density at radius 2 is 1.87 bits per heavy atom. The van der Waals surface area contributed by atoms with E-state index in [1.165, 1.54) is 0 Å². The van der Waals surface area contributed by atoms with Crippen LogP contribution in [0.1, 0.15) is 22.6 Å². The Hall–Kier alpha value is -2.01. The second kappa shape index (κ2) is 6.24. The zero-order chi connectivity index (χ0) is 16.6. The van der Waals surface area contributed by atoms with Crippen LogP contribution in [-0.2, 0) is 11.2 Å². The summed E-state index contributed by atoms with van der Waals surface area (Å²) in [5.74, 6) is 1.17. The number of rotatable bonds is 4. The van der Waals surface area contributed by atoms with Crippen LogP contribution >= 0.6 is 15.9 Å². The Labute approximate surface area is 143 Å². The second-order valence-corrected chi connectivity index (χ2v) is 6.44. The lowest BCUT2D eigenvalue weighted by atomic mass is 9.92. The first-order valence-corrected chi connectivity index (χ1v) is 8.15. The van der Waals surface area contributed by atoms with Crippen molar-refractivity contribution < 1.29 is 14.3 Å². The van der Waals surface area contributed by atoms with Gasteiger partial charge in [0.05, 0.1) is 20.1 Å². The van der Waals surface area contributed by atoms with Gasteiger partial charge in [-0.05, 0) is 42.2 Å². The number of benzene rings is 2. The van der Waals surface area contributed by atoms with E-state index in [2.05, 4.69) is 21.2 Å². The van der Waals surface area contributed by atoms with Crippen molar-refractivity contribution >= 4 is 27.5 Å². The van der Waals surface area contributed by atoms with Gasteiger partial charge in [0.15, 0.2) is 11.5 Å². The highest BCUT2D eigenvalue weighted by Crippen LogP contribution is 2.40. The molecule has 0 aromatic heterocycles. The average Bonchev–Trinajstić information content (AvgIpc) is 2.86. The molecule has 1 atom stereocenters. The lowest BCUT2D eigenvalue weighted by molar-refractivity contribution is -0.117. The Morgan fingerprint density at radius 3 is 2.57 bits per heavy atom. The van der Waals surface area contributed by atoms with E-state index in [-0.39, 0.29) is 11.8 Å². The molecule has 5 heteroatoms. The molecule has 1 N–H and O–H groups in total. The van der Waals surface area contributed by atoms with E-state index >= 15 is 0 Å². The first-order valence-electron chi connectivity index (χ1n) is 7.36. The van der Waals surface area contributed by atoms with Gasteiger partial charge in [-0.15, -0.1) is 0 Å². The standard InChI is InChI=1S/C18H18BrNO3/c1-10-5-4-6-12-13(18(21)20-17(10)12)7-11-8-15(22-2)16(23-3)9-14(11)19/h4-6,8-9,13H,7H2,1-3H3,(H,20,21)/t13-/m1/s1. The number of fused-ring (bicyclic) bond motifs is 1. The number of ether oxygens (including phenoxy) is 2. The molecule has 3 rings (SSSR count). The number of amides is 1. The Morgan fingerprint density at radius 1 is 1.17 bits per heavy atom. The van der Waals surface area contributed by atoms with Crippen molar-refractivity contribution in [1.82, 2.24) is 0 Å². The highest BCUT2D eigenvalue weighted by atomic mass is 79.9. The van der Waals surface area contributed by atoms with Crippen molar-refractivity contribution in [2.24, 2.45) is 0 Å². The number of hydrogen-bond donors (Lipinski definition) is 1. The molecule has 0 unspecified atom stereocenters. The summed E-state index contributed by atoms with van der Waals surface area (Å²) in [5.41, 5.74) is 4.10. The summed E-state index contributed by atoms with van der Waals surface area (Å²) in [5, 5.41) is 3.00. The predicted molar refractivity (Wildman–Crippen MR) is 93.5 cm³/mol. The van der Waals surface area contributed by atoms with Crippen molar-refractivity contribution in [2.75, 3.05) is 19.5 Å². The molecule has 23 heavy (non-hydrogen) atoms. The van der Waals surface area contributed by atoms with E-state index in [0.717, 1.165) is 26.9 Å². The van der Waals surface area contributed by atoms with Crippen molar-refractivity contribution in [3.05, 3.63) is 51.5 Å². The average molecular weight is 376 g/mol. The summed E-state index contributed by atoms with van der Waals surface area (Å²) in [6, 6.07) is 9.81. The fourth-order valence-electron chi connectivity index (χ4n) is 2.98. The quantitative estimate of drug-likeness (QED) is 0.876. The molecule has 0 saturated carbocycles. The van der Waals surface area contributed by atoms with Crippen molar-refractivity contribution in [3.8, 4) is 11.5 Å². The summed E-state index contributed by atoms with van der Waals surface area (Å²) in [6.45, 7) is 2.01. The van der Waals surface area contributed by atoms with E-state index in [1.54, 1.807) is 14.2 Å². The van der Waals surface area contributed by atoms with E-state index in [0.29, 0.717) is 17.9 Å². The number of anilines is 1. The van der Waals surface area contributed by atoms with E-state index in [9.17, 15) is 4.79 Å². The van der Waals surface area contributed by atoms with Gasteiger partial charge >= 0.3 is 0 Å². The minimum atomic E-state index is -0.195. The van der Waals surface area contributed by atoms with Gasteiger partial charge in [0.2, 0.25) is 5.91 Å². The lowest BCUT2D eigenvalue weighted by Crippen LogP contribution is -2.14. The van der Waals surface area contributed by atoms with Crippen molar-refractivity contribution in [3.63, 3.8) is 0 Å². The molecule has 0 saturated heterocycles. The molecule has 0 bridgehead atoms. The van der Waals surface area contributed by atoms with Crippen LogP contribution in [0.4, 0.5) is 5.69 Å². The monoisotopic (exact) mass is 375 g/mol. The largest absolute Gasteiger partial charge is 0.493 e. The molecule has 0 fully saturated rings. The van der Waals surface area contributed by atoms with Crippen molar-refractivity contribution in [1.29, 1.82) is 0 Å². The van der Waals surface area contributed by atoms with Gasteiger partial charge in [-0.2, -0.15) is 0 Å². The summed E-state index contributed by atoms with van der Waals surface area (Å²) in [7, 11) is 3.21. The minimum absolute atomic E-state index is 0.0379. The van der Waals surface area contributed by atoms with Crippen LogP contribution in [0.25, 0.3) is 0 Å². The van der Waals surface area contributed by atoms with Crippen LogP contribution in [0.2, 0.25) is 0 Å². The van der Waals surface area contributed by atoms with Gasteiger partial charge in [0.25, 0.3) is 0 Å². The lowest BCUT2D eigenvalue weighted by Gasteiger charge is -2.14. The molecular formula is C18H18BrNO3. The molecule has 120 valence electrons. The molecule has 0 spiro atoms. The Balaban J connectivity index is 1.97. The van der Waals surface area contributed by atoms with Crippen LogP contribution in [-0.4, -0.2) is 20.1 Å². The number of para-hydroxylation sites is 1. The summed E-state index contributed by atoms with van der Waals surface area (Å²) < 4.78 is 11.6. The molecule has 4 nitrogen and oxygen atoms in total. The summed E-state index contributed by atoms with van der Waals surface area (Å²) in [6.07, 6.45) is 0.600. The molecule has 2 aromatic rings. The first-order chi connectivity index (χ1) is 11.0. The predicted octanol–water partition coefficient (Wildman–Crippen LogP) is 4.05. The molecule has 1 aliphatic heterocycles. The molecule has 2 aromatic carbocycles. The van der Waals surface area contributed by atoms with Gasteiger partial charge in [0.1, 0.15) is 0 Å². The van der Waals surface area contributed by atoms with Crippen LogP contribution in [0, 0.1) is 6.92 Å². The number of nitrogens with one attached hydrogen (secondary N) is 1. The number of carbonyl (C=O) groups is 1. The van der Waals surface area contributed by atoms with E-state index in [1.807, 2.05) is 37.3 Å². The van der Waals surface area contributed by atoms with E-state index < -0.39 is 0 Å². The molecule has 0 aliphatic carbocycles. The maximum absolute atomic E-state index is 12.4. The van der Waals surface area contributed by atoms with E-state index in [4.69, 9.17) is 9.47 Å². The molecule has 0 radical (unpaired) electrons. The van der Waals surface area contributed by atoms with Crippen LogP contribution in [0.15, 0.2) is 34.8 Å². The topological polar surface area (TPSA) is 47.6 Å². The normalized spacial score (nSPS) is 16.0. The zero-order valence-corrected chi connectivity index (χ0v) is 14.9. The number of aryl methyl sites for hydroxylation is 1. The number of halogens is 1. The number of methoxy groups -OCH3 is 2. The smallest absolute Gasteiger partial charge is 0.232 e. The van der Waals surface area contributed by atoms with Crippen molar-refractivity contribution in [2.45, 2.75) is 19.3 Å². The zero-order valence-electron chi connectivity index (χ0n) is 13.3. The number of hydrogen-bond acceptors (Lipinski definition) is 3. The van der Waals surface area contributed by atoms with Crippen LogP contribution < -0.4 is 14.8 Å². The van der Waals surface area contributed by atoms with Gasteiger partial charge in [-0.1, -0.05) is 34.1 Å². The third-order valence-corrected chi connectivity index (χ3v) is 4.96.